The molecule has 9 nitrogen and oxygen atoms in total. The van der Waals surface area contributed by atoms with Gasteiger partial charge in [-0.25, -0.2) is 9.78 Å². The Balaban J connectivity index is 1.69. The number of aromatic amines is 2. The zero-order valence-electron chi connectivity index (χ0n) is 16.6. The molecule has 158 valence electrons. The first-order valence-corrected chi connectivity index (χ1v) is 9.78. The van der Waals surface area contributed by atoms with Crippen molar-refractivity contribution in [2.45, 2.75) is 5.92 Å². The molecule has 4 aromatic rings. The molecule has 32 heavy (non-hydrogen) atoms. The highest BCUT2D eigenvalue weighted by Crippen LogP contribution is 2.38. The van der Waals surface area contributed by atoms with Crippen molar-refractivity contribution in [3.8, 4) is 5.75 Å². The van der Waals surface area contributed by atoms with Gasteiger partial charge in [-0.1, -0.05) is 30.3 Å². The van der Waals surface area contributed by atoms with E-state index in [-0.39, 0.29) is 11.3 Å². The number of hydrogen-bond acceptors (Lipinski definition) is 6. The van der Waals surface area contributed by atoms with Crippen molar-refractivity contribution >= 4 is 28.2 Å². The number of carboxylic acids is 1. The summed E-state index contributed by atoms with van der Waals surface area (Å²) in [6.45, 7) is -0.466. The van der Waals surface area contributed by atoms with E-state index in [4.69, 9.17) is 15.3 Å². The van der Waals surface area contributed by atoms with E-state index in [0.717, 1.165) is 16.5 Å². The Hall–Kier alpha value is -4.53. The predicted octanol–water partition coefficient (Wildman–Crippen LogP) is 2.71. The topological polar surface area (TPSA) is 145 Å². The van der Waals surface area contributed by atoms with Gasteiger partial charge in [-0.3, -0.25) is 9.89 Å². The van der Waals surface area contributed by atoms with E-state index in [1.807, 2.05) is 30.3 Å². The first kappa shape index (κ1) is 19.4. The molecule has 1 atom stereocenters. The lowest BCUT2D eigenvalue weighted by molar-refractivity contribution is -0.139. The Labute approximate surface area is 180 Å². The first-order chi connectivity index (χ1) is 15.5. The summed E-state index contributed by atoms with van der Waals surface area (Å²) in [6.07, 6.45) is 4.91. The number of nitrogens with zero attached hydrogens (tertiary/aromatic N) is 2. The van der Waals surface area contributed by atoms with E-state index in [9.17, 15) is 9.59 Å². The zero-order chi connectivity index (χ0) is 22.2. The molecule has 2 aromatic carbocycles. The number of ether oxygens (including phenoxy) is 1. The van der Waals surface area contributed by atoms with Crippen LogP contribution in [-0.4, -0.2) is 43.6 Å². The molecule has 0 spiro atoms. The highest BCUT2D eigenvalue weighted by Gasteiger charge is 2.31. The summed E-state index contributed by atoms with van der Waals surface area (Å²) in [5.74, 6) is -1.20. The van der Waals surface area contributed by atoms with Gasteiger partial charge in [0.25, 0.3) is 5.56 Å². The van der Waals surface area contributed by atoms with Crippen molar-refractivity contribution in [2.75, 3.05) is 6.61 Å². The molecule has 0 bridgehead atoms. The Morgan fingerprint density at radius 1 is 1.22 bits per heavy atom. The first-order valence-electron chi connectivity index (χ1n) is 9.78. The monoisotopic (exact) mass is 427 g/mol. The van der Waals surface area contributed by atoms with Crippen LogP contribution in [0.25, 0.3) is 16.5 Å². The second-order valence-corrected chi connectivity index (χ2v) is 7.32. The van der Waals surface area contributed by atoms with Crippen molar-refractivity contribution in [3.63, 3.8) is 0 Å². The van der Waals surface area contributed by atoms with Gasteiger partial charge in [0.1, 0.15) is 5.75 Å². The second kappa shape index (κ2) is 7.62. The fourth-order valence-electron chi connectivity index (χ4n) is 3.98. The third kappa shape index (κ3) is 3.25. The minimum Gasteiger partial charge on any atom is -0.482 e. The van der Waals surface area contributed by atoms with Crippen LogP contribution in [0, 0.1) is 5.41 Å². The minimum atomic E-state index is -1.08. The van der Waals surface area contributed by atoms with Gasteiger partial charge in [-0.2, -0.15) is 5.10 Å². The van der Waals surface area contributed by atoms with Crippen LogP contribution >= 0.6 is 0 Å². The number of aromatic nitrogens is 4. The van der Waals surface area contributed by atoms with Crippen LogP contribution in [0.4, 0.5) is 0 Å². The maximum Gasteiger partial charge on any atom is 0.341 e. The number of rotatable bonds is 5. The maximum atomic E-state index is 12.7. The lowest BCUT2D eigenvalue weighted by Gasteiger charge is -2.25. The standard InChI is InChI=1S/C23H17N5O4/c24-21-16(14-5-2-6-18-17(14)9-27-28-18)8-15(22-20(21)23(31)26-11-25-22)12-3-1-4-13(7-12)32-10-19(29)30/h1-9,11,16,24H,10H2,(H,27,28)(H,29,30)(H,25,26,31). The van der Waals surface area contributed by atoms with Crippen molar-refractivity contribution in [1.82, 2.24) is 20.2 Å². The molecule has 0 fully saturated rings. The fraction of sp³-hybridized carbons (Fsp3) is 0.0870. The molecule has 0 saturated carbocycles. The van der Waals surface area contributed by atoms with Crippen LogP contribution in [0.1, 0.15) is 28.3 Å². The Morgan fingerprint density at radius 2 is 2.06 bits per heavy atom. The van der Waals surface area contributed by atoms with Crippen LogP contribution in [0.3, 0.4) is 0 Å². The Morgan fingerprint density at radius 3 is 2.91 bits per heavy atom. The number of fused-ring (bicyclic) bond motifs is 2. The van der Waals surface area contributed by atoms with Crippen molar-refractivity contribution in [2.24, 2.45) is 0 Å². The minimum absolute atomic E-state index is 0.144. The normalized spacial score (nSPS) is 15.3. The van der Waals surface area contributed by atoms with Crippen molar-refractivity contribution in [1.29, 1.82) is 5.41 Å². The number of carbonyl (C=O) groups is 1. The molecule has 2 heterocycles. The SMILES string of the molecule is N=C1c2c(nc[nH]c2=O)C(c2cccc(OCC(=O)O)c2)=CC1c1cccc2[nH]ncc12. The summed E-state index contributed by atoms with van der Waals surface area (Å²) < 4.78 is 5.32. The molecule has 1 unspecified atom stereocenters. The van der Waals surface area contributed by atoms with E-state index in [1.165, 1.54) is 6.33 Å². The summed E-state index contributed by atoms with van der Waals surface area (Å²) >= 11 is 0. The number of aliphatic carboxylic acids is 1. The highest BCUT2D eigenvalue weighted by atomic mass is 16.5. The van der Waals surface area contributed by atoms with Crippen LogP contribution in [0.5, 0.6) is 5.75 Å². The number of benzene rings is 2. The molecular weight excluding hydrogens is 410 g/mol. The number of H-pyrrole nitrogens is 2. The average molecular weight is 427 g/mol. The van der Waals surface area contributed by atoms with Gasteiger partial charge < -0.3 is 20.2 Å². The predicted molar refractivity (Wildman–Crippen MR) is 117 cm³/mol. The number of allylic oxidation sites excluding steroid dienone is 1. The van der Waals surface area contributed by atoms with Gasteiger partial charge in [0.05, 0.1) is 35.0 Å². The summed E-state index contributed by atoms with van der Waals surface area (Å²) in [7, 11) is 0. The van der Waals surface area contributed by atoms with Gasteiger partial charge in [-0.05, 0) is 29.3 Å². The van der Waals surface area contributed by atoms with E-state index in [2.05, 4.69) is 20.2 Å². The summed E-state index contributed by atoms with van der Waals surface area (Å²) in [5, 5.41) is 25.6. The van der Waals surface area contributed by atoms with Crippen LogP contribution in [0.15, 0.2) is 65.9 Å². The second-order valence-electron chi connectivity index (χ2n) is 7.32. The van der Waals surface area contributed by atoms with Gasteiger partial charge in [0.15, 0.2) is 6.61 Å². The van der Waals surface area contributed by atoms with E-state index in [0.29, 0.717) is 22.6 Å². The van der Waals surface area contributed by atoms with Crippen molar-refractivity contribution in [3.05, 3.63) is 93.8 Å². The molecule has 2 aromatic heterocycles. The lowest BCUT2D eigenvalue weighted by Crippen LogP contribution is -2.28. The average Bonchev–Trinajstić information content (AvgIpc) is 3.27. The summed E-state index contributed by atoms with van der Waals surface area (Å²) in [5.41, 5.74) is 3.37. The maximum absolute atomic E-state index is 12.7. The number of carboxylic acid groups (broad SMARTS) is 1. The summed E-state index contributed by atoms with van der Waals surface area (Å²) in [6, 6.07) is 12.6. The van der Waals surface area contributed by atoms with Gasteiger partial charge in [-0.15, -0.1) is 0 Å². The molecule has 0 amide bonds. The van der Waals surface area contributed by atoms with Gasteiger partial charge in [0, 0.05) is 16.9 Å². The largest absolute Gasteiger partial charge is 0.482 e. The smallest absolute Gasteiger partial charge is 0.341 e. The van der Waals surface area contributed by atoms with E-state index >= 15 is 0 Å². The van der Waals surface area contributed by atoms with Crippen LogP contribution in [0.2, 0.25) is 0 Å². The fourth-order valence-corrected chi connectivity index (χ4v) is 3.98. The highest BCUT2D eigenvalue weighted by molar-refractivity contribution is 6.12. The zero-order valence-corrected chi connectivity index (χ0v) is 16.6. The Kier molecular flexibility index (Phi) is 4.63. The van der Waals surface area contributed by atoms with Gasteiger partial charge in [0.2, 0.25) is 0 Å². The molecule has 1 aliphatic carbocycles. The third-order valence-electron chi connectivity index (χ3n) is 5.38. The van der Waals surface area contributed by atoms with Crippen LogP contribution < -0.4 is 10.3 Å². The molecule has 1 aliphatic rings. The third-order valence-corrected chi connectivity index (χ3v) is 5.38. The molecule has 9 heteroatoms. The quantitative estimate of drug-likeness (QED) is 0.385. The molecule has 0 radical (unpaired) electrons. The number of hydrogen-bond donors (Lipinski definition) is 4. The van der Waals surface area contributed by atoms with Gasteiger partial charge >= 0.3 is 5.97 Å². The van der Waals surface area contributed by atoms with Crippen LogP contribution in [-0.2, 0) is 4.79 Å². The van der Waals surface area contributed by atoms with E-state index in [1.54, 1.807) is 24.4 Å². The lowest BCUT2D eigenvalue weighted by atomic mass is 9.79. The Bertz CT molecular complexity index is 1470. The molecular formula is C23H17N5O4. The van der Waals surface area contributed by atoms with E-state index < -0.39 is 24.1 Å². The molecule has 4 N–H and O–H groups in total. The van der Waals surface area contributed by atoms with Crippen molar-refractivity contribution < 1.29 is 14.6 Å². The number of nitrogens with one attached hydrogen (secondary N) is 3. The molecule has 5 rings (SSSR count). The molecule has 0 saturated heterocycles. The molecule has 0 aliphatic heterocycles. The summed E-state index contributed by atoms with van der Waals surface area (Å²) in [4.78, 5) is 30.5.